The van der Waals surface area contributed by atoms with E-state index in [0.717, 1.165) is 11.0 Å². The number of thiol groups is 1. The summed E-state index contributed by atoms with van der Waals surface area (Å²) in [6, 6.07) is 7.53. The van der Waals surface area contributed by atoms with Crippen LogP contribution in [0.15, 0.2) is 24.3 Å². The first-order valence-electron chi connectivity index (χ1n) is 6.54. The molecule has 1 aliphatic rings. The van der Waals surface area contributed by atoms with Gasteiger partial charge in [0, 0.05) is 6.54 Å². The van der Waals surface area contributed by atoms with Crippen molar-refractivity contribution in [2.75, 3.05) is 0 Å². The quantitative estimate of drug-likeness (QED) is 0.631. The van der Waals surface area contributed by atoms with Gasteiger partial charge >= 0.3 is 7.12 Å². The lowest BCUT2D eigenvalue weighted by atomic mass is 9.79. The van der Waals surface area contributed by atoms with Crippen LogP contribution in [0.4, 0.5) is 0 Å². The fraction of sp³-hybridized carbons (Fsp3) is 0.538. The topological polar surface area (TPSA) is 64.6 Å². The SMILES string of the molecule is CC1(C)OB(c2ccc(CN[SH](=O)=O)cc2)OC1(C)C. The van der Waals surface area contributed by atoms with Crippen molar-refractivity contribution in [1.29, 1.82) is 0 Å². The molecule has 0 unspecified atom stereocenters. The molecule has 0 spiro atoms. The third-order valence-electron chi connectivity index (χ3n) is 3.92. The van der Waals surface area contributed by atoms with Crippen LogP contribution >= 0.6 is 0 Å². The van der Waals surface area contributed by atoms with Gasteiger partial charge in [-0.3, -0.25) is 0 Å². The van der Waals surface area contributed by atoms with Crippen LogP contribution in [-0.2, 0) is 26.7 Å². The van der Waals surface area contributed by atoms with Crippen molar-refractivity contribution in [3.63, 3.8) is 0 Å². The zero-order chi connectivity index (χ0) is 15.0. The van der Waals surface area contributed by atoms with Crippen LogP contribution in [0, 0.1) is 0 Å². The molecule has 1 aliphatic heterocycles. The standard InChI is InChI=1S/C13H20BNO4S/c1-12(2)13(3,4)19-14(18-12)11-7-5-10(6-8-11)9-15-20(16)17/h5-8,20H,9H2,1-4H3,(H,15,16,17). The van der Waals surface area contributed by atoms with E-state index in [0.29, 0.717) is 6.54 Å². The molecular formula is C13H20BNO4S. The molecule has 0 saturated carbocycles. The average Bonchev–Trinajstić information content (AvgIpc) is 2.56. The Labute approximate surface area is 121 Å². The molecule has 110 valence electrons. The maximum atomic E-state index is 10.5. The van der Waals surface area contributed by atoms with Gasteiger partial charge < -0.3 is 9.31 Å². The molecular weight excluding hydrogens is 277 g/mol. The Kier molecular flexibility index (Phi) is 4.25. The van der Waals surface area contributed by atoms with Gasteiger partial charge in [0.05, 0.1) is 11.2 Å². The van der Waals surface area contributed by atoms with Crippen molar-refractivity contribution >= 4 is 23.5 Å². The molecule has 20 heavy (non-hydrogen) atoms. The Balaban J connectivity index is 2.08. The Morgan fingerprint density at radius 1 is 1.05 bits per heavy atom. The summed E-state index contributed by atoms with van der Waals surface area (Å²) in [6.45, 7) is 8.33. The smallest absolute Gasteiger partial charge is 0.399 e. The van der Waals surface area contributed by atoms with Gasteiger partial charge in [-0.25, -0.2) is 13.1 Å². The first-order valence-corrected chi connectivity index (χ1v) is 7.71. The second-order valence-electron chi connectivity index (χ2n) is 5.92. The van der Waals surface area contributed by atoms with Crippen LogP contribution in [0.5, 0.6) is 0 Å². The summed E-state index contributed by atoms with van der Waals surface area (Å²) in [5, 5.41) is 0. The van der Waals surface area contributed by atoms with Crippen molar-refractivity contribution in [3.8, 4) is 0 Å². The lowest BCUT2D eigenvalue weighted by Crippen LogP contribution is -2.41. The predicted molar refractivity (Wildman–Crippen MR) is 79.3 cm³/mol. The molecule has 0 amide bonds. The third-order valence-corrected chi connectivity index (χ3v) is 4.33. The van der Waals surface area contributed by atoms with Gasteiger partial charge in [0.25, 0.3) is 0 Å². The summed E-state index contributed by atoms with van der Waals surface area (Å²) in [5.74, 6) is 0. The van der Waals surface area contributed by atoms with E-state index in [1.54, 1.807) is 0 Å². The Morgan fingerprint density at radius 3 is 2.00 bits per heavy atom. The van der Waals surface area contributed by atoms with E-state index in [9.17, 15) is 8.42 Å². The molecule has 0 bridgehead atoms. The highest BCUT2D eigenvalue weighted by Crippen LogP contribution is 2.36. The first-order chi connectivity index (χ1) is 9.21. The lowest BCUT2D eigenvalue weighted by molar-refractivity contribution is 0.00578. The third kappa shape index (κ3) is 3.23. The predicted octanol–water partition coefficient (Wildman–Crippen LogP) is 0.602. The van der Waals surface area contributed by atoms with Gasteiger partial charge in [-0.05, 0) is 38.7 Å². The van der Waals surface area contributed by atoms with Gasteiger partial charge in [-0.15, -0.1) is 0 Å². The van der Waals surface area contributed by atoms with Crippen LogP contribution in [0.25, 0.3) is 0 Å². The Morgan fingerprint density at radius 2 is 1.55 bits per heavy atom. The maximum absolute atomic E-state index is 10.5. The highest BCUT2D eigenvalue weighted by Gasteiger charge is 2.51. The van der Waals surface area contributed by atoms with Crippen LogP contribution in [0.2, 0.25) is 0 Å². The highest BCUT2D eigenvalue weighted by molar-refractivity contribution is 7.70. The highest BCUT2D eigenvalue weighted by atomic mass is 32.2. The molecule has 7 heteroatoms. The lowest BCUT2D eigenvalue weighted by Gasteiger charge is -2.32. The van der Waals surface area contributed by atoms with E-state index in [1.807, 2.05) is 52.0 Å². The Bertz CT molecular complexity index is 530. The summed E-state index contributed by atoms with van der Waals surface area (Å²) in [5.41, 5.74) is 1.10. The molecule has 1 heterocycles. The average molecular weight is 297 g/mol. The molecule has 0 radical (unpaired) electrons. The normalized spacial score (nSPS) is 20.6. The van der Waals surface area contributed by atoms with E-state index in [2.05, 4.69) is 4.72 Å². The molecule has 0 atom stereocenters. The largest absolute Gasteiger partial charge is 0.494 e. The molecule has 1 aromatic rings. The molecule has 1 N–H and O–H groups in total. The maximum Gasteiger partial charge on any atom is 0.494 e. The van der Waals surface area contributed by atoms with Crippen LogP contribution in [0.1, 0.15) is 33.3 Å². The van der Waals surface area contributed by atoms with Gasteiger partial charge in [-0.1, -0.05) is 24.3 Å². The molecule has 1 saturated heterocycles. The number of benzene rings is 1. The second kappa shape index (κ2) is 5.48. The van der Waals surface area contributed by atoms with Crippen LogP contribution in [0.3, 0.4) is 0 Å². The minimum absolute atomic E-state index is 0.294. The van der Waals surface area contributed by atoms with Crippen molar-refractivity contribution in [1.82, 2.24) is 4.72 Å². The van der Waals surface area contributed by atoms with Crippen LogP contribution in [-0.4, -0.2) is 26.7 Å². The molecule has 1 fully saturated rings. The zero-order valence-corrected chi connectivity index (χ0v) is 13.1. The molecule has 2 rings (SSSR count). The summed E-state index contributed by atoms with van der Waals surface area (Å²) in [6.07, 6.45) is 0. The molecule has 0 aromatic heterocycles. The zero-order valence-electron chi connectivity index (χ0n) is 12.2. The van der Waals surface area contributed by atoms with Gasteiger partial charge in [0.1, 0.15) is 0 Å². The minimum atomic E-state index is -2.57. The fourth-order valence-electron chi connectivity index (χ4n) is 1.93. The van der Waals surface area contributed by atoms with Crippen LogP contribution < -0.4 is 10.2 Å². The molecule has 0 aliphatic carbocycles. The second-order valence-corrected chi connectivity index (χ2v) is 6.75. The Hall–Kier alpha value is -0.885. The minimum Gasteiger partial charge on any atom is -0.399 e. The monoisotopic (exact) mass is 297 g/mol. The van der Waals surface area contributed by atoms with Gasteiger partial charge in [0.2, 0.25) is 10.9 Å². The molecule has 5 nitrogen and oxygen atoms in total. The summed E-state index contributed by atoms with van der Waals surface area (Å²) < 4.78 is 35.2. The van der Waals surface area contributed by atoms with E-state index in [-0.39, 0.29) is 11.2 Å². The fourth-order valence-corrected chi connectivity index (χ4v) is 2.24. The van der Waals surface area contributed by atoms with E-state index in [4.69, 9.17) is 9.31 Å². The van der Waals surface area contributed by atoms with Crippen molar-refractivity contribution in [2.24, 2.45) is 0 Å². The van der Waals surface area contributed by atoms with Gasteiger partial charge in [-0.2, -0.15) is 0 Å². The van der Waals surface area contributed by atoms with Gasteiger partial charge in [0.15, 0.2) is 0 Å². The number of hydrogen-bond donors (Lipinski definition) is 2. The number of nitrogens with one attached hydrogen (secondary N) is 1. The van der Waals surface area contributed by atoms with Crippen molar-refractivity contribution < 1.29 is 17.7 Å². The van der Waals surface area contributed by atoms with Crippen molar-refractivity contribution in [3.05, 3.63) is 29.8 Å². The summed E-state index contributed by atoms with van der Waals surface area (Å²) in [4.78, 5) is 0. The number of hydrogen-bond acceptors (Lipinski definition) is 4. The van der Waals surface area contributed by atoms with Crippen molar-refractivity contribution in [2.45, 2.75) is 45.4 Å². The van der Waals surface area contributed by atoms with E-state index < -0.39 is 18.0 Å². The number of rotatable bonds is 4. The van der Waals surface area contributed by atoms with E-state index in [1.165, 1.54) is 0 Å². The van der Waals surface area contributed by atoms with E-state index >= 15 is 0 Å². The molecule has 1 aromatic carbocycles. The first kappa shape index (κ1) is 15.5. The summed E-state index contributed by atoms with van der Waals surface area (Å²) >= 11 is 0. The summed E-state index contributed by atoms with van der Waals surface area (Å²) in [7, 11) is -2.96.